The van der Waals surface area contributed by atoms with E-state index in [-0.39, 0.29) is 11.9 Å². The number of epoxide rings is 1. The fourth-order valence-electron chi connectivity index (χ4n) is 5.47. The van der Waals surface area contributed by atoms with Crippen molar-refractivity contribution in [2.75, 3.05) is 12.9 Å². The van der Waals surface area contributed by atoms with E-state index in [0.717, 1.165) is 12.0 Å². The number of aryl methyl sites for hydroxylation is 1. The number of hydrogen-bond acceptors (Lipinski definition) is 5. The highest BCUT2D eigenvalue weighted by molar-refractivity contribution is 7.80. The van der Waals surface area contributed by atoms with Crippen LogP contribution in [0.2, 0.25) is 0 Å². The number of ether oxygens (including phenoxy) is 2. The Bertz CT molecular complexity index is 765. The van der Waals surface area contributed by atoms with E-state index in [1.165, 1.54) is 17.7 Å². The molecule has 2 N–H and O–H groups in total. The molecule has 30 heavy (non-hydrogen) atoms. The Morgan fingerprint density at radius 3 is 2.57 bits per heavy atom. The molecule has 1 saturated carbocycles. The van der Waals surface area contributed by atoms with E-state index in [1.807, 2.05) is 6.92 Å². The molecule has 6 heteroatoms. The summed E-state index contributed by atoms with van der Waals surface area (Å²) >= 11 is 4.70. The van der Waals surface area contributed by atoms with Gasteiger partial charge in [-0.3, -0.25) is 0 Å². The molecule has 1 aliphatic carbocycles. The smallest absolute Gasteiger partial charge is 0.123 e. The number of thiol groups is 1. The average molecular weight is 439 g/mol. The summed E-state index contributed by atoms with van der Waals surface area (Å²) in [7, 11) is 1.58. The van der Waals surface area contributed by atoms with E-state index >= 15 is 0 Å². The highest BCUT2D eigenvalue weighted by atomic mass is 32.1. The van der Waals surface area contributed by atoms with E-state index in [1.54, 1.807) is 19.2 Å². The van der Waals surface area contributed by atoms with Gasteiger partial charge in [-0.1, -0.05) is 23.8 Å². The number of aliphatic hydroxyl groups excluding tert-OH is 1. The molecule has 2 aliphatic rings. The molecule has 1 aromatic carbocycles. The van der Waals surface area contributed by atoms with Gasteiger partial charge in [-0.2, -0.15) is 12.6 Å². The van der Waals surface area contributed by atoms with Gasteiger partial charge in [0, 0.05) is 12.9 Å². The third-order valence-electron chi connectivity index (χ3n) is 7.33. The Hall–Kier alpha value is -0.920. The van der Waals surface area contributed by atoms with Gasteiger partial charge in [0.15, 0.2) is 0 Å². The van der Waals surface area contributed by atoms with Crippen LogP contribution >= 0.6 is 12.6 Å². The molecule has 6 unspecified atom stereocenters. The summed E-state index contributed by atoms with van der Waals surface area (Å²) in [5.74, 6) is 0.0491. The van der Waals surface area contributed by atoms with E-state index in [9.17, 15) is 14.6 Å². The van der Waals surface area contributed by atoms with Crippen LogP contribution in [0.15, 0.2) is 35.9 Å². The maximum absolute atomic E-state index is 13.3. The summed E-state index contributed by atoms with van der Waals surface area (Å²) in [6.07, 6.45) is 3.46. The lowest BCUT2D eigenvalue weighted by Gasteiger charge is -2.57. The largest absolute Gasteiger partial charge is 0.390 e. The summed E-state index contributed by atoms with van der Waals surface area (Å²) in [5.41, 5.74) is -0.514. The van der Waals surface area contributed by atoms with Crippen LogP contribution < -0.4 is 0 Å². The van der Waals surface area contributed by atoms with Crippen LogP contribution in [0.3, 0.4) is 0 Å². The predicted molar refractivity (Wildman–Crippen MR) is 119 cm³/mol. The Kier molecular flexibility index (Phi) is 7.05. The van der Waals surface area contributed by atoms with Crippen LogP contribution in [0.5, 0.6) is 0 Å². The highest BCUT2D eigenvalue weighted by Crippen LogP contribution is 2.63. The van der Waals surface area contributed by atoms with Crippen LogP contribution in [0, 0.1) is 11.2 Å². The van der Waals surface area contributed by atoms with Crippen molar-refractivity contribution in [3.8, 4) is 0 Å². The number of allylic oxidation sites excluding steroid dienone is 1. The SMILES string of the molecule is COC1C(O)CCC(O)(CCc2ccc(F)cc2)C1(CS)C1(C)OC1CC=C(C)C. The van der Waals surface area contributed by atoms with E-state index < -0.39 is 28.8 Å². The molecule has 168 valence electrons. The van der Waals surface area contributed by atoms with Gasteiger partial charge >= 0.3 is 0 Å². The Morgan fingerprint density at radius 2 is 2.00 bits per heavy atom. The zero-order chi connectivity index (χ0) is 22.2. The molecule has 1 heterocycles. The second-order valence-electron chi connectivity index (χ2n) is 9.28. The topological polar surface area (TPSA) is 62.2 Å². The van der Waals surface area contributed by atoms with E-state index in [2.05, 4.69) is 19.9 Å². The van der Waals surface area contributed by atoms with Gasteiger partial charge < -0.3 is 19.7 Å². The summed E-state index contributed by atoms with van der Waals surface area (Å²) in [5, 5.41) is 22.9. The predicted octanol–water partition coefficient (Wildman–Crippen LogP) is 4.09. The maximum Gasteiger partial charge on any atom is 0.123 e. The lowest BCUT2D eigenvalue weighted by atomic mass is 9.53. The Morgan fingerprint density at radius 1 is 1.33 bits per heavy atom. The molecule has 0 amide bonds. The number of benzene rings is 1. The van der Waals surface area contributed by atoms with Crippen molar-refractivity contribution in [3.05, 3.63) is 47.3 Å². The van der Waals surface area contributed by atoms with Gasteiger partial charge in [0.1, 0.15) is 11.4 Å². The van der Waals surface area contributed by atoms with Crippen molar-refractivity contribution < 1.29 is 24.1 Å². The summed E-state index contributed by atoms with van der Waals surface area (Å²) in [6, 6.07) is 6.38. The minimum atomic E-state index is -1.14. The number of rotatable bonds is 8. The third kappa shape index (κ3) is 3.97. The summed E-state index contributed by atoms with van der Waals surface area (Å²) < 4.78 is 25.3. The molecule has 4 nitrogen and oxygen atoms in total. The number of hydrogen-bond donors (Lipinski definition) is 3. The van der Waals surface area contributed by atoms with Crippen LogP contribution in [-0.2, 0) is 15.9 Å². The lowest BCUT2D eigenvalue weighted by molar-refractivity contribution is -0.232. The summed E-state index contributed by atoms with van der Waals surface area (Å²) in [6.45, 7) is 6.12. The highest BCUT2D eigenvalue weighted by Gasteiger charge is 2.75. The first-order chi connectivity index (χ1) is 14.1. The monoisotopic (exact) mass is 438 g/mol. The first-order valence-corrected chi connectivity index (χ1v) is 11.4. The van der Waals surface area contributed by atoms with Crippen LogP contribution in [-0.4, -0.2) is 52.6 Å². The van der Waals surface area contributed by atoms with E-state index in [0.29, 0.717) is 31.4 Å². The fourth-order valence-corrected chi connectivity index (χ4v) is 6.26. The van der Waals surface area contributed by atoms with Gasteiger partial charge in [0.05, 0.1) is 29.3 Å². The van der Waals surface area contributed by atoms with Gasteiger partial charge in [0.2, 0.25) is 0 Å². The first-order valence-electron chi connectivity index (χ1n) is 10.7. The molecule has 1 aliphatic heterocycles. The molecule has 6 atom stereocenters. The molecule has 0 aromatic heterocycles. The molecule has 1 aromatic rings. The van der Waals surface area contributed by atoms with Crippen molar-refractivity contribution in [2.45, 2.75) is 82.4 Å². The second kappa shape index (κ2) is 8.91. The van der Waals surface area contributed by atoms with Crippen molar-refractivity contribution >= 4 is 12.6 Å². The third-order valence-corrected chi connectivity index (χ3v) is 7.83. The zero-order valence-electron chi connectivity index (χ0n) is 18.4. The second-order valence-corrected chi connectivity index (χ2v) is 9.60. The average Bonchev–Trinajstić information content (AvgIpc) is 3.39. The van der Waals surface area contributed by atoms with Crippen molar-refractivity contribution in [1.29, 1.82) is 0 Å². The molecule has 0 spiro atoms. The Labute approximate surface area is 184 Å². The molecule has 0 bridgehead atoms. The van der Waals surface area contributed by atoms with Crippen LogP contribution in [0.4, 0.5) is 4.39 Å². The molecular formula is C24H35FO4S. The van der Waals surface area contributed by atoms with E-state index in [4.69, 9.17) is 22.1 Å². The van der Waals surface area contributed by atoms with Crippen molar-refractivity contribution in [2.24, 2.45) is 5.41 Å². The minimum Gasteiger partial charge on any atom is -0.390 e. The molecule has 0 radical (unpaired) electrons. The van der Waals surface area contributed by atoms with Crippen molar-refractivity contribution in [3.63, 3.8) is 0 Å². The van der Waals surface area contributed by atoms with Crippen molar-refractivity contribution in [1.82, 2.24) is 0 Å². The fraction of sp³-hybridized carbons (Fsp3) is 0.667. The summed E-state index contributed by atoms with van der Waals surface area (Å²) in [4.78, 5) is 0. The van der Waals surface area contributed by atoms with Gasteiger partial charge in [-0.05, 0) is 70.6 Å². The first kappa shape index (κ1) is 23.7. The minimum absolute atomic E-state index is 0.0696. The van der Waals surface area contributed by atoms with Gasteiger partial charge in [-0.25, -0.2) is 4.39 Å². The zero-order valence-corrected chi connectivity index (χ0v) is 19.3. The number of methoxy groups -OCH3 is 1. The number of aliphatic hydroxyl groups is 2. The quantitative estimate of drug-likeness (QED) is 0.325. The number of halogens is 1. The normalized spacial score (nSPS) is 38.3. The van der Waals surface area contributed by atoms with Crippen LogP contribution in [0.1, 0.15) is 52.0 Å². The molecular weight excluding hydrogens is 403 g/mol. The maximum atomic E-state index is 13.3. The lowest BCUT2D eigenvalue weighted by Crippen LogP contribution is -2.70. The van der Waals surface area contributed by atoms with Gasteiger partial charge in [-0.15, -0.1) is 0 Å². The Balaban J connectivity index is 1.95. The van der Waals surface area contributed by atoms with Gasteiger partial charge in [0.25, 0.3) is 0 Å². The standard InChI is InChI=1S/C24H35FO4S/c1-16(2)5-10-20-22(3,29-20)24(15-30)21(28-4)19(26)12-14-23(24,27)13-11-17-6-8-18(25)9-7-17/h5-9,19-21,26-27,30H,10-15H2,1-4H3. The van der Waals surface area contributed by atoms with Crippen LogP contribution in [0.25, 0.3) is 0 Å². The molecule has 2 fully saturated rings. The molecule has 3 rings (SSSR count). The molecule has 1 saturated heterocycles.